The van der Waals surface area contributed by atoms with Crippen LogP contribution in [0.3, 0.4) is 0 Å². The first-order valence-corrected chi connectivity index (χ1v) is 7.19. The lowest BCUT2D eigenvalue weighted by Crippen LogP contribution is -2.38. The molecular weight excluding hydrogens is 288 g/mol. The second kappa shape index (κ2) is 4.13. The summed E-state index contributed by atoms with van der Waals surface area (Å²) in [5, 5.41) is 5.32. The van der Waals surface area contributed by atoms with E-state index >= 15 is 0 Å². The highest BCUT2D eigenvalue weighted by atomic mass is 79.9. The molecule has 0 radical (unpaired) electrons. The van der Waals surface area contributed by atoms with Gasteiger partial charge in [0.05, 0.1) is 0 Å². The van der Waals surface area contributed by atoms with Crippen LogP contribution in [0.25, 0.3) is 0 Å². The summed E-state index contributed by atoms with van der Waals surface area (Å²) in [6.07, 6.45) is 1.15. The molecule has 2 aliphatic heterocycles. The van der Waals surface area contributed by atoms with Crippen molar-refractivity contribution >= 4 is 33.2 Å². The zero-order valence-electron chi connectivity index (χ0n) is 8.78. The Morgan fingerprint density at radius 3 is 3.19 bits per heavy atom. The van der Waals surface area contributed by atoms with Crippen LogP contribution in [0, 0.1) is 5.92 Å². The number of rotatable bonds is 1. The minimum atomic E-state index is 0.193. The van der Waals surface area contributed by atoms with Gasteiger partial charge in [-0.05, 0) is 39.7 Å². The number of likely N-dealkylation sites (tertiary alicyclic amines) is 1. The second-order valence-corrected chi connectivity index (χ2v) is 6.14. The van der Waals surface area contributed by atoms with E-state index in [4.69, 9.17) is 0 Å². The molecule has 0 saturated carbocycles. The smallest absolute Gasteiger partial charge is 0.265 e. The second-order valence-electron chi connectivity index (χ2n) is 4.37. The van der Waals surface area contributed by atoms with E-state index in [1.165, 1.54) is 11.3 Å². The van der Waals surface area contributed by atoms with Crippen molar-refractivity contribution in [3.05, 3.63) is 20.8 Å². The Morgan fingerprint density at radius 2 is 2.44 bits per heavy atom. The fourth-order valence-corrected chi connectivity index (χ4v) is 4.17. The molecule has 0 aromatic carbocycles. The van der Waals surface area contributed by atoms with Crippen molar-refractivity contribution in [3.63, 3.8) is 0 Å². The van der Waals surface area contributed by atoms with Crippen LogP contribution < -0.4 is 5.32 Å². The average molecular weight is 301 g/mol. The van der Waals surface area contributed by atoms with Gasteiger partial charge >= 0.3 is 0 Å². The maximum atomic E-state index is 12.4. The lowest BCUT2D eigenvalue weighted by atomic mass is 10.1. The number of fused-ring (bicyclic) bond motifs is 1. The minimum absolute atomic E-state index is 0.193. The number of amides is 1. The van der Waals surface area contributed by atoms with Crippen LogP contribution >= 0.6 is 27.3 Å². The first-order valence-electron chi connectivity index (χ1n) is 5.52. The van der Waals surface area contributed by atoms with E-state index in [1.807, 2.05) is 16.3 Å². The predicted molar refractivity (Wildman–Crippen MR) is 67.8 cm³/mol. The molecule has 0 unspecified atom stereocenters. The Hall–Kier alpha value is -0.390. The minimum Gasteiger partial charge on any atom is -0.333 e. The first-order chi connectivity index (χ1) is 7.77. The lowest BCUT2D eigenvalue weighted by molar-refractivity contribution is 0.0741. The van der Waals surface area contributed by atoms with Gasteiger partial charge in [0.15, 0.2) is 0 Å². The van der Waals surface area contributed by atoms with E-state index in [0.717, 1.165) is 35.4 Å². The number of nitrogens with one attached hydrogen (secondary N) is 1. The molecule has 2 fully saturated rings. The number of carbonyl (C=O) groups excluding carboxylic acids is 1. The summed E-state index contributed by atoms with van der Waals surface area (Å²) < 4.78 is 0.928. The standard InChI is InChI=1S/C11H13BrN2OS/c12-8-2-4-16-10(8)11(15)14-3-1-7-5-13-6-9(7)14/h2,4,7,9,13H,1,3,5-6H2/t7-,9+/m0/s1. The normalized spacial score (nSPS) is 28.4. The summed E-state index contributed by atoms with van der Waals surface area (Å²) >= 11 is 4.95. The molecule has 0 aliphatic carbocycles. The van der Waals surface area contributed by atoms with E-state index in [9.17, 15) is 4.79 Å². The highest BCUT2D eigenvalue weighted by Gasteiger charge is 2.40. The van der Waals surface area contributed by atoms with Gasteiger partial charge in [0.2, 0.25) is 0 Å². The molecule has 3 heterocycles. The highest BCUT2D eigenvalue weighted by Crippen LogP contribution is 2.31. The van der Waals surface area contributed by atoms with Gasteiger partial charge in [0.1, 0.15) is 4.88 Å². The van der Waals surface area contributed by atoms with E-state index in [0.29, 0.717) is 12.0 Å². The zero-order chi connectivity index (χ0) is 11.1. The summed E-state index contributed by atoms with van der Waals surface area (Å²) in [6, 6.07) is 2.36. The fraction of sp³-hybridized carbons (Fsp3) is 0.545. The van der Waals surface area contributed by atoms with Gasteiger partial charge in [0, 0.05) is 30.1 Å². The Kier molecular flexibility index (Phi) is 2.77. The molecule has 2 atom stereocenters. The molecule has 1 aromatic rings. The quantitative estimate of drug-likeness (QED) is 0.860. The van der Waals surface area contributed by atoms with E-state index in [2.05, 4.69) is 21.2 Å². The number of nitrogens with zero attached hydrogens (tertiary/aromatic N) is 1. The van der Waals surface area contributed by atoms with Gasteiger partial charge in [-0.3, -0.25) is 4.79 Å². The van der Waals surface area contributed by atoms with Crippen molar-refractivity contribution in [2.75, 3.05) is 19.6 Å². The molecule has 2 aliphatic rings. The maximum Gasteiger partial charge on any atom is 0.265 e. The summed E-state index contributed by atoms with van der Waals surface area (Å²) in [5.41, 5.74) is 0. The van der Waals surface area contributed by atoms with Crippen molar-refractivity contribution in [1.29, 1.82) is 0 Å². The van der Waals surface area contributed by atoms with Gasteiger partial charge in [-0.2, -0.15) is 0 Å². The molecule has 1 N–H and O–H groups in total. The zero-order valence-corrected chi connectivity index (χ0v) is 11.2. The van der Waals surface area contributed by atoms with Crippen LogP contribution in [0.15, 0.2) is 15.9 Å². The van der Waals surface area contributed by atoms with Gasteiger partial charge in [0.25, 0.3) is 5.91 Å². The van der Waals surface area contributed by atoms with E-state index < -0.39 is 0 Å². The highest BCUT2D eigenvalue weighted by molar-refractivity contribution is 9.10. The Labute approximate surface area is 107 Å². The Morgan fingerprint density at radius 1 is 1.56 bits per heavy atom. The maximum absolute atomic E-state index is 12.4. The van der Waals surface area contributed by atoms with Crippen molar-refractivity contribution in [1.82, 2.24) is 10.2 Å². The summed E-state index contributed by atoms with van der Waals surface area (Å²) in [4.78, 5) is 15.2. The van der Waals surface area contributed by atoms with Crippen LogP contribution in [-0.2, 0) is 0 Å². The molecule has 3 rings (SSSR count). The average Bonchev–Trinajstić information content (AvgIpc) is 2.90. The molecule has 0 spiro atoms. The fourth-order valence-electron chi connectivity index (χ4n) is 2.68. The molecule has 3 nitrogen and oxygen atoms in total. The largest absolute Gasteiger partial charge is 0.333 e. The number of hydrogen-bond acceptors (Lipinski definition) is 3. The summed E-state index contributed by atoms with van der Waals surface area (Å²) in [7, 11) is 0. The topological polar surface area (TPSA) is 32.3 Å². The number of carbonyl (C=O) groups is 1. The van der Waals surface area contributed by atoms with Crippen molar-refractivity contribution in [3.8, 4) is 0 Å². The number of thiophene rings is 1. The van der Waals surface area contributed by atoms with Crippen LogP contribution in [0.4, 0.5) is 0 Å². The molecule has 86 valence electrons. The van der Waals surface area contributed by atoms with Gasteiger partial charge < -0.3 is 10.2 Å². The summed E-state index contributed by atoms with van der Waals surface area (Å²) in [6.45, 7) is 2.94. The van der Waals surface area contributed by atoms with Crippen LogP contribution in [0.2, 0.25) is 0 Å². The Bertz CT molecular complexity index is 420. The van der Waals surface area contributed by atoms with Crippen molar-refractivity contribution in [2.45, 2.75) is 12.5 Å². The monoisotopic (exact) mass is 300 g/mol. The molecule has 5 heteroatoms. The molecule has 2 saturated heterocycles. The molecule has 1 amide bonds. The number of halogens is 1. The van der Waals surface area contributed by atoms with Crippen LogP contribution in [-0.4, -0.2) is 36.5 Å². The van der Waals surface area contributed by atoms with E-state index in [-0.39, 0.29) is 5.91 Å². The first kappa shape index (κ1) is 10.7. The van der Waals surface area contributed by atoms with Gasteiger partial charge in [-0.15, -0.1) is 11.3 Å². The molecule has 0 bridgehead atoms. The number of hydrogen-bond donors (Lipinski definition) is 1. The molecule has 1 aromatic heterocycles. The third-order valence-electron chi connectivity index (χ3n) is 3.52. The van der Waals surface area contributed by atoms with Crippen molar-refractivity contribution in [2.24, 2.45) is 5.92 Å². The predicted octanol–water partition coefficient (Wildman–Crippen LogP) is 1.94. The summed E-state index contributed by atoms with van der Waals surface area (Å²) in [5.74, 6) is 0.862. The molecule has 16 heavy (non-hydrogen) atoms. The third kappa shape index (κ3) is 1.61. The van der Waals surface area contributed by atoms with Crippen molar-refractivity contribution < 1.29 is 4.79 Å². The molecular formula is C11H13BrN2OS. The van der Waals surface area contributed by atoms with Crippen LogP contribution in [0.1, 0.15) is 16.1 Å². The lowest BCUT2D eigenvalue weighted by Gasteiger charge is -2.22. The third-order valence-corrected chi connectivity index (χ3v) is 5.34. The van der Waals surface area contributed by atoms with Gasteiger partial charge in [-0.25, -0.2) is 0 Å². The SMILES string of the molecule is O=C(c1sccc1Br)N1CC[C@H]2CNC[C@H]21. The van der Waals surface area contributed by atoms with Crippen LogP contribution in [0.5, 0.6) is 0 Å². The Balaban J connectivity index is 1.83. The van der Waals surface area contributed by atoms with E-state index in [1.54, 1.807) is 0 Å². The van der Waals surface area contributed by atoms with Gasteiger partial charge in [-0.1, -0.05) is 0 Å².